The Balaban J connectivity index is 1.70. The van der Waals surface area contributed by atoms with Gasteiger partial charge in [0.15, 0.2) is 5.82 Å². The summed E-state index contributed by atoms with van der Waals surface area (Å²) in [6.07, 6.45) is 2.51. The fraction of sp³-hybridized carbons (Fsp3) is 0.533. The van der Waals surface area contributed by atoms with Gasteiger partial charge in [0, 0.05) is 31.6 Å². The fourth-order valence-electron chi connectivity index (χ4n) is 2.78. The summed E-state index contributed by atoms with van der Waals surface area (Å²) in [5, 5.41) is 8.30. The quantitative estimate of drug-likeness (QED) is 0.932. The summed E-state index contributed by atoms with van der Waals surface area (Å²) in [6.45, 7) is 7.55. The number of benzene rings is 1. The van der Waals surface area contributed by atoms with E-state index in [1.54, 1.807) is 0 Å². The molecule has 1 aliphatic heterocycles. The van der Waals surface area contributed by atoms with Gasteiger partial charge in [-0.3, -0.25) is 10.00 Å². The maximum Gasteiger partial charge on any atom is 0.158 e. The minimum Gasteiger partial charge on any atom is -0.352 e. The zero-order valence-electron chi connectivity index (χ0n) is 11.9. The monoisotopic (exact) mass is 276 g/mol. The van der Waals surface area contributed by atoms with Crippen molar-refractivity contribution in [2.24, 2.45) is 0 Å². The van der Waals surface area contributed by atoms with Gasteiger partial charge in [-0.15, -0.1) is 0 Å². The molecule has 0 spiro atoms. The van der Waals surface area contributed by atoms with Crippen molar-refractivity contribution in [3.05, 3.63) is 24.0 Å². The van der Waals surface area contributed by atoms with Gasteiger partial charge < -0.3 is 4.90 Å². The number of unbranched alkanes of at least 4 members (excludes halogenated alkanes) is 1. The van der Waals surface area contributed by atoms with Gasteiger partial charge in [-0.2, -0.15) is 5.10 Å². The maximum absolute atomic E-state index is 13.2. The smallest absolute Gasteiger partial charge is 0.158 e. The van der Waals surface area contributed by atoms with Gasteiger partial charge in [-0.1, -0.05) is 13.3 Å². The Morgan fingerprint density at radius 2 is 2.05 bits per heavy atom. The highest BCUT2D eigenvalue weighted by Crippen LogP contribution is 2.25. The molecule has 0 aliphatic carbocycles. The second kappa shape index (κ2) is 5.79. The average Bonchev–Trinajstić information content (AvgIpc) is 2.88. The highest BCUT2D eigenvalue weighted by Gasteiger charge is 2.20. The molecule has 1 aromatic carbocycles. The standard InChI is InChI=1S/C15H21FN4/c1-2-3-6-19-7-9-20(10-8-19)15-13-5-4-12(16)11-14(13)17-18-15/h4-5,11H,2-3,6-10H2,1H3,(H,17,18). The van der Waals surface area contributed by atoms with Crippen molar-refractivity contribution in [1.82, 2.24) is 15.1 Å². The molecule has 0 amide bonds. The molecule has 3 rings (SSSR count). The molecule has 1 aromatic heterocycles. The van der Waals surface area contributed by atoms with E-state index in [0.717, 1.165) is 42.9 Å². The van der Waals surface area contributed by atoms with Gasteiger partial charge in [0.05, 0.1) is 5.52 Å². The van der Waals surface area contributed by atoms with E-state index in [1.807, 2.05) is 6.07 Å². The molecule has 4 nitrogen and oxygen atoms in total. The van der Waals surface area contributed by atoms with Gasteiger partial charge in [-0.25, -0.2) is 4.39 Å². The van der Waals surface area contributed by atoms with Crippen LogP contribution in [-0.2, 0) is 0 Å². The first kappa shape index (κ1) is 13.4. The van der Waals surface area contributed by atoms with Crippen LogP contribution < -0.4 is 4.90 Å². The summed E-state index contributed by atoms with van der Waals surface area (Å²) in [6, 6.07) is 4.81. The molecule has 0 saturated carbocycles. The van der Waals surface area contributed by atoms with Gasteiger partial charge in [0.1, 0.15) is 5.82 Å². The number of nitrogens with one attached hydrogen (secondary N) is 1. The topological polar surface area (TPSA) is 35.2 Å². The van der Waals surface area contributed by atoms with Gasteiger partial charge in [0.2, 0.25) is 0 Å². The van der Waals surface area contributed by atoms with E-state index in [1.165, 1.54) is 31.5 Å². The van der Waals surface area contributed by atoms with Crippen LogP contribution in [0.4, 0.5) is 10.2 Å². The minimum atomic E-state index is -0.225. The minimum absolute atomic E-state index is 0.225. The first-order valence-electron chi connectivity index (χ1n) is 7.39. The molecular formula is C15H21FN4. The largest absolute Gasteiger partial charge is 0.352 e. The van der Waals surface area contributed by atoms with Crippen molar-refractivity contribution in [1.29, 1.82) is 0 Å². The van der Waals surface area contributed by atoms with Crippen molar-refractivity contribution in [2.45, 2.75) is 19.8 Å². The highest BCUT2D eigenvalue weighted by molar-refractivity contribution is 5.90. The van der Waals surface area contributed by atoms with Crippen LogP contribution in [0.3, 0.4) is 0 Å². The molecule has 2 aromatic rings. The van der Waals surface area contributed by atoms with Crippen LogP contribution in [0.1, 0.15) is 19.8 Å². The Hall–Kier alpha value is -1.62. The molecule has 0 atom stereocenters. The fourth-order valence-corrected chi connectivity index (χ4v) is 2.78. The Labute approximate surface area is 118 Å². The Morgan fingerprint density at radius 3 is 2.80 bits per heavy atom. The number of hydrogen-bond donors (Lipinski definition) is 1. The van der Waals surface area contributed by atoms with E-state index in [-0.39, 0.29) is 5.82 Å². The zero-order chi connectivity index (χ0) is 13.9. The summed E-state index contributed by atoms with van der Waals surface area (Å²) in [4.78, 5) is 4.80. The number of hydrogen-bond acceptors (Lipinski definition) is 3. The summed E-state index contributed by atoms with van der Waals surface area (Å²) in [7, 11) is 0. The molecule has 108 valence electrons. The Bertz CT molecular complexity index is 572. The predicted molar refractivity (Wildman–Crippen MR) is 79.6 cm³/mol. The molecule has 1 saturated heterocycles. The van der Waals surface area contributed by atoms with E-state index < -0.39 is 0 Å². The van der Waals surface area contributed by atoms with Crippen LogP contribution >= 0.6 is 0 Å². The van der Waals surface area contributed by atoms with E-state index in [2.05, 4.69) is 26.9 Å². The predicted octanol–water partition coefficient (Wildman–Crippen LogP) is 2.62. The van der Waals surface area contributed by atoms with Crippen molar-refractivity contribution in [2.75, 3.05) is 37.6 Å². The van der Waals surface area contributed by atoms with Crippen LogP contribution in [0.15, 0.2) is 18.2 Å². The first-order valence-corrected chi connectivity index (χ1v) is 7.39. The molecule has 1 aliphatic rings. The van der Waals surface area contributed by atoms with Crippen LogP contribution in [0, 0.1) is 5.82 Å². The lowest BCUT2D eigenvalue weighted by Gasteiger charge is -2.34. The zero-order valence-corrected chi connectivity index (χ0v) is 11.9. The summed E-state index contributed by atoms with van der Waals surface area (Å²) < 4.78 is 13.2. The first-order chi connectivity index (χ1) is 9.78. The molecule has 1 fully saturated rings. The molecule has 0 unspecified atom stereocenters. The number of aromatic nitrogens is 2. The molecule has 0 bridgehead atoms. The number of fused-ring (bicyclic) bond motifs is 1. The lowest BCUT2D eigenvalue weighted by atomic mass is 10.2. The number of nitrogens with zero attached hydrogens (tertiary/aromatic N) is 3. The van der Waals surface area contributed by atoms with E-state index in [9.17, 15) is 4.39 Å². The lowest BCUT2D eigenvalue weighted by molar-refractivity contribution is 0.254. The third-order valence-corrected chi connectivity index (χ3v) is 4.00. The maximum atomic E-state index is 13.2. The van der Waals surface area contributed by atoms with Crippen LogP contribution in [-0.4, -0.2) is 47.8 Å². The molecule has 20 heavy (non-hydrogen) atoms. The second-order valence-corrected chi connectivity index (χ2v) is 5.42. The van der Waals surface area contributed by atoms with Gasteiger partial charge in [-0.05, 0) is 31.2 Å². The van der Waals surface area contributed by atoms with Crippen LogP contribution in [0.2, 0.25) is 0 Å². The Kier molecular flexibility index (Phi) is 3.87. The SMILES string of the molecule is CCCCN1CCN(c2n[nH]c3cc(F)ccc23)CC1. The summed E-state index contributed by atoms with van der Waals surface area (Å²) >= 11 is 0. The number of H-pyrrole nitrogens is 1. The number of aromatic amines is 1. The van der Waals surface area contributed by atoms with Crippen molar-refractivity contribution in [3.8, 4) is 0 Å². The van der Waals surface area contributed by atoms with E-state index in [4.69, 9.17) is 0 Å². The lowest BCUT2D eigenvalue weighted by Crippen LogP contribution is -2.46. The summed E-state index contributed by atoms with van der Waals surface area (Å²) in [5.41, 5.74) is 0.772. The number of halogens is 1. The van der Waals surface area contributed by atoms with Crippen molar-refractivity contribution < 1.29 is 4.39 Å². The van der Waals surface area contributed by atoms with Crippen molar-refractivity contribution in [3.63, 3.8) is 0 Å². The van der Waals surface area contributed by atoms with Gasteiger partial charge in [0.25, 0.3) is 0 Å². The van der Waals surface area contributed by atoms with Crippen LogP contribution in [0.25, 0.3) is 10.9 Å². The number of piperazine rings is 1. The van der Waals surface area contributed by atoms with Crippen molar-refractivity contribution >= 4 is 16.7 Å². The normalized spacial score (nSPS) is 17.0. The van der Waals surface area contributed by atoms with E-state index >= 15 is 0 Å². The Morgan fingerprint density at radius 1 is 1.25 bits per heavy atom. The summed E-state index contributed by atoms with van der Waals surface area (Å²) in [5.74, 6) is 0.729. The molecule has 5 heteroatoms. The second-order valence-electron chi connectivity index (χ2n) is 5.42. The molecule has 0 radical (unpaired) electrons. The third-order valence-electron chi connectivity index (χ3n) is 4.00. The third kappa shape index (κ3) is 2.63. The van der Waals surface area contributed by atoms with Gasteiger partial charge >= 0.3 is 0 Å². The molecule has 2 heterocycles. The highest BCUT2D eigenvalue weighted by atomic mass is 19.1. The molecule has 1 N–H and O–H groups in total. The molecular weight excluding hydrogens is 255 g/mol. The number of anilines is 1. The average molecular weight is 276 g/mol. The van der Waals surface area contributed by atoms with E-state index in [0.29, 0.717) is 0 Å². The van der Waals surface area contributed by atoms with Crippen LogP contribution in [0.5, 0.6) is 0 Å². The number of rotatable bonds is 4.